The van der Waals surface area contributed by atoms with Crippen molar-refractivity contribution in [1.29, 1.82) is 0 Å². The Bertz CT molecular complexity index is 1250. The number of aromatic nitrogens is 3. The first kappa shape index (κ1) is 21.3. The number of hydrogen-bond donors (Lipinski definition) is 1. The molecule has 1 atom stereocenters. The molecule has 2 aromatic heterocycles. The van der Waals surface area contributed by atoms with E-state index in [2.05, 4.69) is 15.3 Å². The summed E-state index contributed by atoms with van der Waals surface area (Å²) in [4.78, 5) is 21.4. The zero-order chi connectivity index (χ0) is 22.2. The summed E-state index contributed by atoms with van der Waals surface area (Å²) in [5.74, 6) is 1.40. The van der Waals surface area contributed by atoms with Crippen LogP contribution in [0.15, 0.2) is 30.6 Å². The van der Waals surface area contributed by atoms with Gasteiger partial charge in [-0.15, -0.1) is 0 Å². The smallest absolute Gasteiger partial charge is 0.220 e. The van der Waals surface area contributed by atoms with Crippen LogP contribution in [0.2, 0.25) is 0 Å². The fourth-order valence-electron chi connectivity index (χ4n) is 4.11. The highest BCUT2D eigenvalue weighted by Crippen LogP contribution is 2.33. The molecule has 0 saturated carbocycles. The van der Waals surface area contributed by atoms with E-state index >= 15 is 0 Å². The van der Waals surface area contributed by atoms with Crippen molar-refractivity contribution in [2.24, 2.45) is 13.0 Å². The van der Waals surface area contributed by atoms with E-state index in [1.165, 1.54) is 0 Å². The van der Waals surface area contributed by atoms with E-state index in [1.54, 1.807) is 13.3 Å². The molecule has 4 rings (SSSR count). The number of nitrogens with one attached hydrogen (secondary N) is 1. The van der Waals surface area contributed by atoms with Crippen molar-refractivity contribution in [3.63, 3.8) is 0 Å². The van der Waals surface area contributed by atoms with E-state index in [9.17, 15) is 13.2 Å². The van der Waals surface area contributed by atoms with Gasteiger partial charge in [-0.25, -0.2) is 18.4 Å². The Kier molecular flexibility index (Phi) is 5.70. The second-order valence-corrected chi connectivity index (χ2v) is 10.3. The summed E-state index contributed by atoms with van der Waals surface area (Å²) in [6, 6.07) is 5.90. The number of fused-ring (bicyclic) bond motifs is 1. The van der Waals surface area contributed by atoms with Gasteiger partial charge in [-0.05, 0) is 37.5 Å². The fraction of sp³-hybridized carbons (Fsp3) is 0.409. The molecule has 8 nitrogen and oxygen atoms in total. The largest absolute Gasteiger partial charge is 0.497 e. The quantitative estimate of drug-likeness (QED) is 0.629. The van der Waals surface area contributed by atoms with Crippen LogP contribution in [0, 0.1) is 12.8 Å². The summed E-state index contributed by atoms with van der Waals surface area (Å²) < 4.78 is 30.7. The van der Waals surface area contributed by atoms with Gasteiger partial charge in [-0.3, -0.25) is 4.79 Å². The lowest BCUT2D eigenvalue weighted by Crippen LogP contribution is -2.26. The third kappa shape index (κ3) is 4.56. The average Bonchev–Trinajstić information content (AvgIpc) is 3.25. The Morgan fingerprint density at radius 3 is 2.87 bits per heavy atom. The van der Waals surface area contributed by atoms with Crippen molar-refractivity contribution < 1.29 is 17.9 Å². The average molecular weight is 443 g/mol. The van der Waals surface area contributed by atoms with Crippen LogP contribution >= 0.6 is 0 Å². The Morgan fingerprint density at radius 1 is 1.35 bits per heavy atom. The Morgan fingerprint density at radius 2 is 2.16 bits per heavy atom. The predicted octanol–water partition coefficient (Wildman–Crippen LogP) is 2.39. The number of amides is 1. The zero-order valence-electron chi connectivity index (χ0n) is 17.9. The molecule has 0 aliphatic carbocycles. The van der Waals surface area contributed by atoms with Gasteiger partial charge in [0.15, 0.2) is 9.84 Å². The summed E-state index contributed by atoms with van der Waals surface area (Å²) in [6.07, 6.45) is 4.51. The molecule has 1 amide bonds. The van der Waals surface area contributed by atoms with Gasteiger partial charge in [-0.1, -0.05) is 0 Å². The molecule has 3 heterocycles. The molecule has 1 aliphatic heterocycles. The van der Waals surface area contributed by atoms with Gasteiger partial charge in [-0.2, -0.15) is 0 Å². The van der Waals surface area contributed by atoms with Gasteiger partial charge in [0.1, 0.15) is 11.6 Å². The molecule has 0 spiro atoms. The molecule has 0 bridgehead atoms. The lowest BCUT2D eigenvalue weighted by molar-refractivity contribution is -0.122. The SMILES string of the molecule is COc1ccc2c(c1)c(-c1nc(C)ncc1CNC(=O)C[C@@H]1CCS(=O)(=O)C1)cn2C. The first-order valence-corrected chi connectivity index (χ1v) is 12.0. The number of benzene rings is 1. The maximum absolute atomic E-state index is 12.4. The predicted molar refractivity (Wildman–Crippen MR) is 118 cm³/mol. The van der Waals surface area contributed by atoms with E-state index in [4.69, 9.17) is 4.74 Å². The van der Waals surface area contributed by atoms with E-state index < -0.39 is 9.84 Å². The Labute approximate surface area is 181 Å². The summed E-state index contributed by atoms with van der Waals surface area (Å²) in [7, 11) is 0.617. The lowest BCUT2D eigenvalue weighted by atomic mass is 10.0. The topological polar surface area (TPSA) is 103 Å². The standard InChI is InChI=1S/C22H26N4O4S/c1-14-23-10-16(11-24-21(27)8-15-6-7-31(28,29)13-15)22(25-14)19-12-26(2)20-5-4-17(30-3)9-18(19)20/h4-5,9-10,12,15H,6-8,11,13H2,1-3H3,(H,24,27)/t15-/m0/s1. The molecule has 1 N–H and O–H groups in total. The third-order valence-electron chi connectivity index (χ3n) is 5.71. The maximum atomic E-state index is 12.4. The highest BCUT2D eigenvalue weighted by atomic mass is 32.2. The van der Waals surface area contributed by atoms with Gasteiger partial charge in [0.2, 0.25) is 5.91 Å². The van der Waals surface area contributed by atoms with Gasteiger partial charge in [0, 0.05) is 54.4 Å². The van der Waals surface area contributed by atoms with E-state index in [-0.39, 0.29) is 36.3 Å². The van der Waals surface area contributed by atoms with Gasteiger partial charge < -0.3 is 14.6 Å². The van der Waals surface area contributed by atoms with Crippen molar-refractivity contribution in [2.75, 3.05) is 18.6 Å². The minimum Gasteiger partial charge on any atom is -0.497 e. The van der Waals surface area contributed by atoms with Crippen LogP contribution in [0.3, 0.4) is 0 Å². The third-order valence-corrected chi connectivity index (χ3v) is 7.55. The fourth-order valence-corrected chi connectivity index (χ4v) is 5.97. The second-order valence-electron chi connectivity index (χ2n) is 8.08. The van der Waals surface area contributed by atoms with Crippen LogP contribution in [0.5, 0.6) is 5.75 Å². The van der Waals surface area contributed by atoms with Crippen LogP contribution in [0.1, 0.15) is 24.2 Å². The summed E-state index contributed by atoms with van der Waals surface area (Å²) in [5.41, 5.74) is 3.54. The number of carbonyl (C=O) groups excluding carboxylic acids is 1. The number of sulfone groups is 1. The molecule has 31 heavy (non-hydrogen) atoms. The van der Waals surface area contributed by atoms with E-state index in [0.717, 1.165) is 33.5 Å². The molecule has 0 radical (unpaired) electrons. The van der Waals surface area contributed by atoms with Crippen molar-refractivity contribution in [1.82, 2.24) is 19.9 Å². The van der Waals surface area contributed by atoms with Crippen molar-refractivity contribution in [3.8, 4) is 17.0 Å². The molecule has 164 valence electrons. The number of rotatable bonds is 6. The highest BCUT2D eigenvalue weighted by molar-refractivity contribution is 7.91. The van der Waals surface area contributed by atoms with Gasteiger partial charge >= 0.3 is 0 Å². The minimum atomic E-state index is -2.99. The van der Waals surface area contributed by atoms with Crippen LogP contribution in [0.25, 0.3) is 22.2 Å². The van der Waals surface area contributed by atoms with Crippen LogP contribution in [0.4, 0.5) is 0 Å². The van der Waals surface area contributed by atoms with Gasteiger partial charge in [0.25, 0.3) is 0 Å². The molecular formula is C22H26N4O4S. The Balaban J connectivity index is 1.59. The van der Waals surface area contributed by atoms with Crippen molar-refractivity contribution in [2.45, 2.75) is 26.3 Å². The van der Waals surface area contributed by atoms with Crippen LogP contribution in [-0.2, 0) is 28.2 Å². The molecular weight excluding hydrogens is 416 g/mol. The second kappa shape index (κ2) is 8.30. The van der Waals surface area contributed by atoms with E-state index in [1.807, 2.05) is 42.9 Å². The molecule has 1 aromatic carbocycles. The first-order chi connectivity index (χ1) is 14.8. The monoisotopic (exact) mass is 442 g/mol. The lowest BCUT2D eigenvalue weighted by Gasteiger charge is -2.12. The normalized spacial score (nSPS) is 17.7. The van der Waals surface area contributed by atoms with Crippen LogP contribution in [-0.4, -0.2) is 47.5 Å². The van der Waals surface area contributed by atoms with Crippen molar-refractivity contribution >= 4 is 26.6 Å². The first-order valence-electron chi connectivity index (χ1n) is 10.2. The number of methoxy groups -OCH3 is 1. The number of carbonyl (C=O) groups is 1. The summed E-state index contributed by atoms with van der Waals surface area (Å²) >= 11 is 0. The molecule has 1 fully saturated rings. The highest BCUT2D eigenvalue weighted by Gasteiger charge is 2.29. The van der Waals surface area contributed by atoms with E-state index in [0.29, 0.717) is 12.2 Å². The summed E-state index contributed by atoms with van der Waals surface area (Å²) in [5, 5.41) is 3.92. The molecule has 9 heteroatoms. The number of nitrogens with zero attached hydrogens (tertiary/aromatic N) is 3. The molecule has 1 saturated heterocycles. The maximum Gasteiger partial charge on any atom is 0.220 e. The molecule has 3 aromatic rings. The van der Waals surface area contributed by atoms with Crippen molar-refractivity contribution in [3.05, 3.63) is 42.0 Å². The number of ether oxygens (including phenoxy) is 1. The number of hydrogen-bond acceptors (Lipinski definition) is 6. The summed E-state index contributed by atoms with van der Waals surface area (Å²) in [6.45, 7) is 2.10. The molecule has 0 unspecified atom stereocenters. The molecule has 1 aliphatic rings. The zero-order valence-corrected chi connectivity index (χ0v) is 18.7. The Hall–Kier alpha value is -2.94. The van der Waals surface area contributed by atoms with Gasteiger partial charge in [0.05, 0.1) is 24.3 Å². The number of aryl methyl sites for hydroxylation is 2. The minimum absolute atomic E-state index is 0.0944. The van der Waals surface area contributed by atoms with Crippen LogP contribution < -0.4 is 10.1 Å².